The van der Waals surface area contributed by atoms with Crippen molar-refractivity contribution in [3.63, 3.8) is 0 Å². The van der Waals surface area contributed by atoms with E-state index < -0.39 is 0 Å². The SMILES string of the molecule is c1ccc(-c2ccc(-c3nc(-c4ccccc4)nc(-n4c5ccccc5c5ccc6c(oc7cccc(-c8ccccc8)c76)c54)n3)cc2)cc1. The first-order valence-corrected chi connectivity index (χ1v) is 16.7. The van der Waals surface area contributed by atoms with Crippen LogP contribution in [0.5, 0.6) is 0 Å². The fourth-order valence-corrected chi connectivity index (χ4v) is 7.15. The van der Waals surface area contributed by atoms with Crippen LogP contribution in [0.2, 0.25) is 0 Å². The third kappa shape index (κ3) is 4.52. The number of fused-ring (bicyclic) bond motifs is 7. The van der Waals surface area contributed by atoms with Crippen LogP contribution in [0.15, 0.2) is 174 Å². The molecule has 0 saturated carbocycles. The number of para-hydroxylation sites is 1. The van der Waals surface area contributed by atoms with Crippen LogP contribution in [0.4, 0.5) is 0 Å². The number of hydrogen-bond donors (Lipinski definition) is 0. The van der Waals surface area contributed by atoms with Gasteiger partial charge in [0.25, 0.3) is 0 Å². The highest BCUT2D eigenvalue weighted by atomic mass is 16.3. The number of aromatic nitrogens is 4. The largest absolute Gasteiger partial charge is 0.454 e. The molecule has 0 spiro atoms. The number of benzene rings is 7. The van der Waals surface area contributed by atoms with E-state index >= 15 is 0 Å². The highest BCUT2D eigenvalue weighted by Gasteiger charge is 2.23. The van der Waals surface area contributed by atoms with E-state index in [1.807, 2.05) is 48.5 Å². The number of rotatable bonds is 5. The van der Waals surface area contributed by atoms with E-state index in [0.29, 0.717) is 17.6 Å². The van der Waals surface area contributed by atoms with Crippen LogP contribution in [0.25, 0.3) is 94.7 Å². The van der Waals surface area contributed by atoms with Crippen LogP contribution in [0, 0.1) is 0 Å². The topological polar surface area (TPSA) is 56.7 Å². The van der Waals surface area contributed by atoms with Gasteiger partial charge in [0.15, 0.2) is 17.2 Å². The highest BCUT2D eigenvalue weighted by Crippen LogP contribution is 2.43. The zero-order valence-corrected chi connectivity index (χ0v) is 26.9. The Morgan fingerprint density at radius 1 is 0.400 bits per heavy atom. The van der Waals surface area contributed by atoms with Crippen molar-refractivity contribution in [1.82, 2.24) is 19.5 Å². The van der Waals surface area contributed by atoms with Gasteiger partial charge in [0, 0.05) is 32.7 Å². The second-order valence-corrected chi connectivity index (χ2v) is 12.4. The van der Waals surface area contributed by atoms with E-state index in [4.69, 9.17) is 19.4 Å². The van der Waals surface area contributed by atoms with Crippen molar-refractivity contribution in [2.24, 2.45) is 0 Å². The van der Waals surface area contributed by atoms with Crippen molar-refractivity contribution in [1.29, 1.82) is 0 Å². The summed E-state index contributed by atoms with van der Waals surface area (Å²) in [7, 11) is 0. The van der Waals surface area contributed by atoms with Gasteiger partial charge in [-0.25, -0.2) is 4.98 Å². The minimum absolute atomic E-state index is 0.531. The van der Waals surface area contributed by atoms with Crippen LogP contribution in [0.3, 0.4) is 0 Å². The first kappa shape index (κ1) is 28.2. The lowest BCUT2D eigenvalue weighted by atomic mass is 9.99. The molecule has 0 unspecified atom stereocenters. The fourth-order valence-electron chi connectivity index (χ4n) is 7.15. The summed E-state index contributed by atoms with van der Waals surface area (Å²) in [5.41, 5.74) is 9.97. The maximum atomic E-state index is 6.81. The van der Waals surface area contributed by atoms with Gasteiger partial charge in [-0.2, -0.15) is 9.97 Å². The van der Waals surface area contributed by atoms with Gasteiger partial charge in [0.2, 0.25) is 5.95 Å². The molecule has 0 aliphatic carbocycles. The molecule has 3 heterocycles. The molecule has 0 saturated heterocycles. The molecule has 0 amide bonds. The van der Waals surface area contributed by atoms with Crippen molar-refractivity contribution >= 4 is 43.7 Å². The van der Waals surface area contributed by atoms with Gasteiger partial charge in [-0.05, 0) is 40.5 Å². The molecule has 0 aliphatic heterocycles. The quantitative estimate of drug-likeness (QED) is 0.188. The first-order chi connectivity index (χ1) is 24.8. The summed E-state index contributed by atoms with van der Waals surface area (Å²) in [6.45, 7) is 0. The molecular formula is C45H28N4O. The number of nitrogens with zero attached hydrogens (tertiary/aromatic N) is 4. The van der Waals surface area contributed by atoms with E-state index in [1.165, 1.54) is 0 Å². The summed E-state index contributed by atoms with van der Waals surface area (Å²) in [5, 5.41) is 4.31. The van der Waals surface area contributed by atoms with Crippen molar-refractivity contribution in [3.05, 3.63) is 170 Å². The van der Waals surface area contributed by atoms with Crippen LogP contribution in [-0.4, -0.2) is 19.5 Å². The summed E-state index contributed by atoms with van der Waals surface area (Å²) in [5.74, 6) is 1.73. The fraction of sp³-hybridized carbons (Fsp3) is 0. The Balaban J connectivity index is 1.26. The summed E-state index contributed by atoms with van der Waals surface area (Å²) in [6, 6.07) is 58.5. The predicted octanol–water partition coefficient (Wildman–Crippen LogP) is 11.5. The third-order valence-corrected chi connectivity index (χ3v) is 9.49. The lowest BCUT2D eigenvalue weighted by Crippen LogP contribution is -2.06. The van der Waals surface area contributed by atoms with Crippen LogP contribution in [-0.2, 0) is 0 Å². The summed E-state index contributed by atoms with van der Waals surface area (Å²) >= 11 is 0. The minimum Gasteiger partial charge on any atom is -0.454 e. The van der Waals surface area contributed by atoms with Gasteiger partial charge in [0.1, 0.15) is 11.1 Å². The molecule has 5 heteroatoms. The van der Waals surface area contributed by atoms with E-state index in [-0.39, 0.29) is 0 Å². The van der Waals surface area contributed by atoms with E-state index in [1.54, 1.807) is 0 Å². The minimum atomic E-state index is 0.531. The first-order valence-electron chi connectivity index (χ1n) is 16.7. The average Bonchev–Trinajstić information content (AvgIpc) is 3.75. The molecule has 0 fully saturated rings. The van der Waals surface area contributed by atoms with Gasteiger partial charge in [-0.15, -0.1) is 0 Å². The van der Waals surface area contributed by atoms with Crippen molar-refractivity contribution < 1.29 is 4.42 Å². The monoisotopic (exact) mass is 640 g/mol. The Hall–Kier alpha value is -6.85. The lowest BCUT2D eigenvalue weighted by molar-refractivity contribution is 0.671. The Bertz CT molecular complexity index is 2840. The van der Waals surface area contributed by atoms with Gasteiger partial charge in [-0.1, -0.05) is 152 Å². The molecule has 5 nitrogen and oxygen atoms in total. The molecular weight excluding hydrogens is 613 g/mol. The molecule has 3 aromatic heterocycles. The molecule has 0 bridgehead atoms. The number of furan rings is 1. The average molecular weight is 641 g/mol. The maximum absolute atomic E-state index is 6.81. The normalized spacial score (nSPS) is 11.6. The second kappa shape index (κ2) is 11.4. The second-order valence-electron chi connectivity index (χ2n) is 12.4. The molecule has 10 aromatic rings. The summed E-state index contributed by atoms with van der Waals surface area (Å²) in [6.07, 6.45) is 0. The predicted molar refractivity (Wildman–Crippen MR) is 203 cm³/mol. The smallest absolute Gasteiger partial charge is 0.238 e. The summed E-state index contributed by atoms with van der Waals surface area (Å²) < 4.78 is 8.96. The van der Waals surface area contributed by atoms with Crippen LogP contribution >= 0.6 is 0 Å². The van der Waals surface area contributed by atoms with Crippen molar-refractivity contribution in [3.8, 4) is 51.0 Å². The lowest BCUT2D eigenvalue weighted by Gasteiger charge is -2.11. The molecule has 7 aromatic carbocycles. The molecule has 0 radical (unpaired) electrons. The standard InChI is InChI=1S/C45H28N4O/c1-4-13-29(14-5-1)30-23-25-33(26-24-30)44-46-43(32-17-8-3-9-18-32)47-45(48-44)49-38-21-11-10-19-35(38)36-27-28-37-40-34(31-15-6-2-7-16-31)20-12-22-39(40)50-42(37)41(36)49/h1-28H. The zero-order valence-electron chi connectivity index (χ0n) is 26.9. The Morgan fingerprint density at radius 2 is 0.960 bits per heavy atom. The molecule has 10 rings (SSSR count). The highest BCUT2D eigenvalue weighted by molar-refractivity contribution is 6.23. The molecule has 0 N–H and O–H groups in total. The Morgan fingerprint density at radius 3 is 1.68 bits per heavy atom. The van der Waals surface area contributed by atoms with Crippen LogP contribution in [0.1, 0.15) is 0 Å². The van der Waals surface area contributed by atoms with Crippen molar-refractivity contribution in [2.75, 3.05) is 0 Å². The summed E-state index contributed by atoms with van der Waals surface area (Å²) in [4.78, 5) is 15.4. The third-order valence-electron chi connectivity index (χ3n) is 9.49. The Kier molecular flexibility index (Phi) is 6.42. The Labute approximate surface area is 287 Å². The zero-order chi connectivity index (χ0) is 33.0. The molecule has 0 atom stereocenters. The van der Waals surface area contributed by atoms with Gasteiger partial charge >= 0.3 is 0 Å². The van der Waals surface area contributed by atoms with E-state index in [2.05, 4.69) is 126 Å². The molecule has 50 heavy (non-hydrogen) atoms. The van der Waals surface area contributed by atoms with Gasteiger partial charge < -0.3 is 4.42 Å². The molecule has 0 aliphatic rings. The van der Waals surface area contributed by atoms with E-state index in [0.717, 1.165) is 77.1 Å². The number of hydrogen-bond acceptors (Lipinski definition) is 4. The van der Waals surface area contributed by atoms with Gasteiger partial charge in [0.05, 0.1) is 5.52 Å². The van der Waals surface area contributed by atoms with Crippen LogP contribution < -0.4 is 0 Å². The van der Waals surface area contributed by atoms with Crippen molar-refractivity contribution in [2.45, 2.75) is 0 Å². The van der Waals surface area contributed by atoms with E-state index in [9.17, 15) is 0 Å². The molecule has 234 valence electrons. The maximum Gasteiger partial charge on any atom is 0.238 e. The van der Waals surface area contributed by atoms with Gasteiger partial charge in [-0.3, -0.25) is 4.57 Å².